The van der Waals surface area contributed by atoms with Crippen LogP contribution in [-0.4, -0.2) is 27.2 Å². The lowest BCUT2D eigenvalue weighted by Crippen LogP contribution is -2.28. The van der Waals surface area contributed by atoms with Crippen molar-refractivity contribution in [1.29, 1.82) is 0 Å². The number of hydrogen-bond donors (Lipinski definition) is 2. The topological polar surface area (TPSA) is 93.5 Å². The Hall–Kier alpha value is -2.49. The molecule has 0 bridgehead atoms. The number of carboxylic acid groups (broad SMARTS) is 1. The van der Waals surface area contributed by atoms with E-state index in [1.807, 2.05) is 0 Å². The first-order valence-corrected chi connectivity index (χ1v) is 8.84. The van der Waals surface area contributed by atoms with E-state index in [9.17, 15) is 18.4 Å². The van der Waals surface area contributed by atoms with Crippen molar-refractivity contribution in [2.24, 2.45) is 0 Å². The van der Waals surface area contributed by atoms with Gasteiger partial charge in [0.25, 0.3) is 5.56 Å². The van der Waals surface area contributed by atoms with E-state index in [1.165, 1.54) is 10.6 Å². The monoisotopic (exact) mass is 445 g/mol. The second-order valence-corrected chi connectivity index (χ2v) is 6.71. The van der Waals surface area contributed by atoms with E-state index >= 15 is 0 Å². The smallest absolute Gasteiger partial charge is 0.305 e. The quantitative estimate of drug-likeness (QED) is 0.647. The molecule has 1 aromatic carbocycles. The molecule has 1 heterocycles. The maximum absolute atomic E-state index is 13.7. The largest absolute Gasteiger partial charge is 0.481 e. The van der Waals surface area contributed by atoms with Crippen molar-refractivity contribution in [1.82, 2.24) is 9.55 Å². The van der Waals surface area contributed by atoms with E-state index in [2.05, 4.69) is 26.2 Å². The Balaban J connectivity index is 2.31. The van der Waals surface area contributed by atoms with Crippen molar-refractivity contribution in [3.8, 4) is 5.88 Å². The molecule has 2 rings (SSSR count). The van der Waals surface area contributed by atoms with Gasteiger partial charge >= 0.3 is 5.97 Å². The molecule has 0 spiro atoms. The number of hydrogen-bond acceptors (Lipinski definition) is 5. The molecular weight excluding hydrogens is 428 g/mol. The van der Waals surface area contributed by atoms with E-state index in [0.717, 1.165) is 12.1 Å². The van der Waals surface area contributed by atoms with Crippen molar-refractivity contribution in [3.05, 3.63) is 50.2 Å². The van der Waals surface area contributed by atoms with Crippen molar-refractivity contribution < 1.29 is 23.4 Å². The predicted molar refractivity (Wildman–Crippen MR) is 98.0 cm³/mol. The van der Waals surface area contributed by atoms with Crippen LogP contribution in [0.25, 0.3) is 0 Å². The summed E-state index contributed by atoms with van der Waals surface area (Å²) in [5.41, 5.74) is -0.342. The van der Waals surface area contributed by atoms with Crippen molar-refractivity contribution in [3.63, 3.8) is 0 Å². The molecule has 0 amide bonds. The minimum atomic E-state index is -0.999. The molecule has 10 heteroatoms. The third-order valence-corrected chi connectivity index (χ3v) is 4.23. The van der Waals surface area contributed by atoms with Crippen LogP contribution in [0.5, 0.6) is 5.88 Å². The highest BCUT2D eigenvalue weighted by molar-refractivity contribution is 9.10. The molecule has 7 nitrogen and oxygen atoms in total. The van der Waals surface area contributed by atoms with Crippen molar-refractivity contribution in [2.75, 3.05) is 11.9 Å². The number of nitrogens with one attached hydrogen (secondary N) is 1. The van der Waals surface area contributed by atoms with Gasteiger partial charge in [0.1, 0.15) is 22.7 Å². The van der Waals surface area contributed by atoms with E-state index in [4.69, 9.17) is 9.84 Å². The van der Waals surface area contributed by atoms with E-state index in [-0.39, 0.29) is 47.5 Å². The zero-order valence-electron chi connectivity index (χ0n) is 14.6. The standard InChI is InChI=1S/C17H18BrF2N3O4/c1-9(2)23-16(26)14(18)15(22-17(23)21-6-5-13(24)25)27-8-10-3-4-11(19)7-12(10)20/h3-4,7,9H,5-6,8H2,1-2H3,(H,21,22)(H,24,25). The van der Waals surface area contributed by atoms with Gasteiger partial charge in [-0.25, -0.2) is 8.78 Å². The highest BCUT2D eigenvalue weighted by Crippen LogP contribution is 2.24. The van der Waals surface area contributed by atoms with Crippen LogP contribution in [0.3, 0.4) is 0 Å². The fraction of sp³-hybridized carbons (Fsp3) is 0.353. The number of nitrogens with zero attached hydrogens (tertiary/aromatic N) is 2. The molecular formula is C17H18BrF2N3O4. The lowest BCUT2D eigenvalue weighted by molar-refractivity contribution is -0.136. The minimum absolute atomic E-state index is 0.0440. The summed E-state index contributed by atoms with van der Waals surface area (Å²) in [4.78, 5) is 27.5. The van der Waals surface area contributed by atoms with Gasteiger partial charge in [0.2, 0.25) is 11.8 Å². The lowest BCUT2D eigenvalue weighted by atomic mass is 10.2. The van der Waals surface area contributed by atoms with Crippen LogP contribution in [0.15, 0.2) is 27.5 Å². The summed E-state index contributed by atoms with van der Waals surface area (Å²) in [6.07, 6.45) is -0.166. The summed E-state index contributed by atoms with van der Waals surface area (Å²) in [5, 5.41) is 11.6. The van der Waals surface area contributed by atoms with Crippen molar-refractivity contribution in [2.45, 2.75) is 32.9 Å². The molecule has 0 fully saturated rings. The van der Waals surface area contributed by atoms with Crippen LogP contribution in [0.1, 0.15) is 31.9 Å². The summed E-state index contributed by atoms with van der Waals surface area (Å²) in [6.45, 7) is 3.33. The first kappa shape index (κ1) is 20.8. The summed E-state index contributed by atoms with van der Waals surface area (Å²) in [6, 6.07) is 2.81. The lowest BCUT2D eigenvalue weighted by Gasteiger charge is -2.18. The molecule has 146 valence electrons. The van der Waals surface area contributed by atoms with Crippen LogP contribution in [-0.2, 0) is 11.4 Å². The Kier molecular flexibility index (Phi) is 6.89. The molecule has 2 aromatic rings. The maximum atomic E-state index is 13.7. The third kappa shape index (κ3) is 5.25. The van der Waals surface area contributed by atoms with Gasteiger partial charge in [-0.2, -0.15) is 4.98 Å². The Morgan fingerprint density at radius 3 is 2.70 bits per heavy atom. The van der Waals surface area contributed by atoms with Gasteiger partial charge in [-0.3, -0.25) is 14.2 Å². The molecule has 0 atom stereocenters. The predicted octanol–water partition coefficient (Wildman–Crippen LogP) is 3.33. The molecule has 27 heavy (non-hydrogen) atoms. The normalized spacial score (nSPS) is 10.9. The van der Waals surface area contributed by atoms with Crippen LogP contribution >= 0.6 is 15.9 Å². The highest BCUT2D eigenvalue weighted by Gasteiger charge is 2.18. The van der Waals surface area contributed by atoms with E-state index < -0.39 is 23.2 Å². The Morgan fingerprint density at radius 2 is 2.11 bits per heavy atom. The van der Waals surface area contributed by atoms with Gasteiger partial charge in [0, 0.05) is 24.2 Å². The second-order valence-electron chi connectivity index (χ2n) is 5.92. The van der Waals surface area contributed by atoms with Crippen LogP contribution < -0.4 is 15.6 Å². The number of rotatable bonds is 8. The summed E-state index contributed by atoms with van der Waals surface area (Å²) in [7, 11) is 0. The molecule has 0 aliphatic heterocycles. The Bertz CT molecular complexity index is 902. The number of aromatic nitrogens is 2. The second kappa shape index (κ2) is 8.94. The van der Waals surface area contributed by atoms with Gasteiger partial charge < -0.3 is 15.2 Å². The number of carbonyl (C=O) groups is 1. The number of aliphatic carboxylic acids is 1. The van der Waals surface area contributed by atoms with Crippen LogP contribution in [0.4, 0.5) is 14.7 Å². The maximum Gasteiger partial charge on any atom is 0.305 e. The first-order chi connectivity index (χ1) is 12.7. The number of anilines is 1. The number of ether oxygens (including phenoxy) is 1. The fourth-order valence-corrected chi connectivity index (χ4v) is 2.65. The number of benzene rings is 1. The number of halogens is 3. The molecule has 0 unspecified atom stereocenters. The summed E-state index contributed by atoms with van der Waals surface area (Å²) < 4.78 is 33.5. The molecule has 1 aromatic heterocycles. The fourth-order valence-electron chi connectivity index (χ4n) is 2.26. The molecule has 0 saturated heterocycles. The third-order valence-electron chi connectivity index (χ3n) is 3.55. The van der Waals surface area contributed by atoms with Gasteiger partial charge in [-0.05, 0) is 41.9 Å². The average molecular weight is 446 g/mol. The SMILES string of the molecule is CC(C)n1c(NCCC(=O)O)nc(OCc2ccc(F)cc2F)c(Br)c1=O. The van der Waals surface area contributed by atoms with Gasteiger partial charge in [0.05, 0.1) is 6.42 Å². The van der Waals surface area contributed by atoms with Gasteiger partial charge in [0.15, 0.2) is 0 Å². The van der Waals surface area contributed by atoms with Crippen LogP contribution in [0.2, 0.25) is 0 Å². The average Bonchev–Trinajstić information content (AvgIpc) is 2.57. The summed E-state index contributed by atoms with van der Waals surface area (Å²) in [5.74, 6) is -2.43. The zero-order chi connectivity index (χ0) is 20.1. The molecule has 0 saturated carbocycles. The Morgan fingerprint density at radius 1 is 1.41 bits per heavy atom. The van der Waals surface area contributed by atoms with E-state index in [1.54, 1.807) is 13.8 Å². The first-order valence-electron chi connectivity index (χ1n) is 8.05. The molecule has 0 radical (unpaired) electrons. The van der Waals surface area contributed by atoms with Crippen LogP contribution in [0, 0.1) is 11.6 Å². The van der Waals surface area contributed by atoms with E-state index in [0.29, 0.717) is 0 Å². The number of carboxylic acids is 1. The zero-order valence-corrected chi connectivity index (χ0v) is 16.2. The van der Waals surface area contributed by atoms with Gasteiger partial charge in [-0.15, -0.1) is 0 Å². The molecule has 0 aliphatic carbocycles. The van der Waals surface area contributed by atoms with Crippen molar-refractivity contribution >= 4 is 27.8 Å². The van der Waals surface area contributed by atoms with Gasteiger partial charge in [-0.1, -0.05) is 0 Å². The summed E-state index contributed by atoms with van der Waals surface area (Å²) >= 11 is 3.13. The highest BCUT2D eigenvalue weighted by atomic mass is 79.9. The molecule has 2 N–H and O–H groups in total. The Labute approximate surface area is 162 Å². The minimum Gasteiger partial charge on any atom is -0.481 e. The molecule has 0 aliphatic rings.